The molecular formula is C23H22N4O7S2. The summed E-state index contributed by atoms with van der Waals surface area (Å²) < 4.78 is 33.8. The molecule has 1 unspecified atom stereocenters. The molecule has 11 nitrogen and oxygen atoms in total. The van der Waals surface area contributed by atoms with E-state index < -0.39 is 33.2 Å². The number of aromatic nitrogens is 2. The van der Waals surface area contributed by atoms with Crippen molar-refractivity contribution in [1.29, 1.82) is 0 Å². The molecule has 36 heavy (non-hydrogen) atoms. The van der Waals surface area contributed by atoms with E-state index >= 15 is 0 Å². The number of benzene rings is 2. The van der Waals surface area contributed by atoms with Gasteiger partial charge in [0.1, 0.15) is 17.5 Å². The molecule has 1 atom stereocenters. The molecule has 2 aromatic carbocycles. The molecule has 4 aromatic rings. The first-order valence-corrected chi connectivity index (χ1v) is 13.0. The molecule has 2 heterocycles. The highest BCUT2D eigenvalue weighted by Gasteiger charge is 2.33. The van der Waals surface area contributed by atoms with Crippen molar-refractivity contribution in [3.63, 3.8) is 0 Å². The van der Waals surface area contributed by atoms with Crippen molar-refractivity contribution in [2.75, 3.05) is 7.05 Å². The first-order chi connectivity index (χ1) is 17.2. The number of amides is 1. The summed E-state index contributed by atoms with van der Waals surface area (Å²) in [5, 5.41) is 12.7. The van der Waals surface area contributed by atoms with Gasteiger partial charge in [0.05, 0.1) is 15.8 Å². The number of nitrogens with one attached hydrogen (secondary N) is 2. The molecule has 13 heteroatoms. The fourth-order valence-electron chi connectivity index (χ4n) is 3.62. The molecule has 188 valence electrons. The first kappa shape index (κ1) is 25.3. The van der Waals surface area contributed by atoms with Gasteiger partial charge in [-0.25, -0.2) is 18.7 Å². The van der Waals surface area contributed by atoms with Gasteiger partial charge in [0.2, 0.25) is 10.0 Å². The zero-order chi connectivity index (χ0) is 25.9. The second kappa shape index (κ2) is 10.5. The Hall–Kier alpha value is -3.78. The summed E-state index contributed by atoms with van der Waals surface area (Å²) in [5.74, 6) is -0.0168. The number of para-hydroxylation sites is 1. The number of carbonyl (C=O) groups is 1. The first-order valence-electron chi connectivity index (χ1n) is 10.7. The van der Waals surface area contributed by atoms with Crippen molar-refractivity contribution in [1.82, 2.24) is 19.3 Å². The topological polar surface area (TPSA) is 151 Å². The fraction of sp³-hybridized carbons (Fsp3) is 0.174. The summed E-state index contributed by atoms with van der Waals surface area (Å²) in [6, 6.07) is 13.1. The van der Waals surface area contributed by atoms with Gasteiger partial charge in [-0.2, -0.15) is 4.31 Å². The number of ether oxygens (including phenoxy) is 1. The summed E-state index contributed by atoms with van der Waals surface area (Å²) in [5.41, 5.74) is 0.614. The Morgan fingerprint density at radius 1 is 1.11 bits per heavy atom. The maximum absolute atomic E-state index is 13.2. The van der Waals surface area contributed by atoms with E-state index in [9.17, 15) is 28.0 Å². The normalized spacial score (nSPS) is 12.5. The van der Waals surface area contributed by atoms with Crippen molar-refractivity contribution in [2.24, 2.45) is 0 Å². The lowest BCUT2D eigenvalue weighted by molar-refractivity contribution is -0.133. The smallest absolute Gasteiger partial charge is 0.328 e. The van der Waals surface area contributed by atoms with Gasteiger partial charge in [-0.3, -0.25) is 19.4 Å². The number of carbonyl (C=O) groups excluding carboxylic acids is 1. The average Bonchev–Trinajstić information content (AvgIpc) is 3.35. The van der Waals surface area contributed by atoms with E-state index in [1.54, 1.807) is 35.0 Å². The number of sulfonamides is 1. The number of H-pyrrole nitrogens is 1. The van der Waals surface area contributed by atoms with Crippen LogP contribution in [0.5, 0.6) is 11.5 Å². The van der Waals surface area contributed by atoms with Gasteiger partial charge in [-0.05, 0) is 42.8 Å². The molecule has 0 saturated carbocycles. The molecule has 4 rings (SSSR count). The summed E-state index contributed by atoms with van der Waals surface area (Å²) in [6.07, 6.45) is -0.254. The van der Waals surface area contributed by atoms with Crippen LogP contribution in [0.25, 0.3) is 10.9 Å². The number of aromatic amines is 1. The lowest BCUT2D eigenvalue weighted by Gasteiger charge is -2.26. The van der Waals surface area contributed by atoms with Crippen LogP contribution in [0.15, 0.2) is 79.8 Å². The van der Waals surface area contributed by atoms with Gasteiger partial charge in [0.25, 0.3) is 11.5 Å². The highest BCUT2D eigenvalue weighted by molar-refractivity contribution is 7.89. The number of likely N-dealkylation sites (N-methyl/N-ethyl adjacent to an activating group) is 1. The van der Waals surface area contributed by atoms with Gasteiger partial charge in [-0.1, -0.05) is 18.2 Å². The number of hydrogen-bond acceptors (Lipinski definition) is 8. The predicted molar refractivity (Wildman–Crippen MR) is 133 cm³/mol. The van der Waals surface area contributed by atoms with Crippen molar-refractivity contribution in [3.05, 3.63) is 86.2 Å². The molecule has 0 aliphatic rings. The molecule has 0 bridgehead atoms. The standard InChI is InChI=1S/C23H22N4O7S2/c1-26(36(32,33)17-9-7-16(8-10-17)34-15-5-3-2-4-6-15)20(21(28)25-31)11-12-27-22(29)18-13-35-14-19(18)24-23(27)30/h2-10,13-14,20,31H,11-12H2,1H3,(H,24,30)(H,25,28). The van der Waals surface area contributed by atoms with Crippen molar-refractivity contribution in [3.8, 4) is 11.5 Å². The Balaban J connectivity index is 1.56. The maximum Gasteiger partial charge on any atom is 0.328 e. The summed E-state index contributed by atoms with van der Waals surface area (Å²) in [7, 11) is -3.02. The molecule has 0 aliphatic carbocycles. The zero-order valence-electron chi connectivity index (χ0n) is 19.0. The highest BCUT2D eigenvalue weighted by Crippen LogP contribution is 2.25. The second-order valence-electron chi connectivity index (χ2n) is 7.77. The highest BCUT2D eigenvalue weighted by atomic mass is 32.2. The summed E-state index contributed by atoms with van der Waals surface area (Å²) in [6.45, 7) is -0.262. The van der Waals surface area contributed by atoms with E-state index in [0.717, 1.165) is 8.87 Å². The van der Waals surface area contributed by atoms with E-state index in [1.807, 2.05) is 6.07 Å². The van der Waals surface area contributed by atoms with E-state index in [1.165, 1.54) is 48.1 Å². The Morgan fingerprint density at radius 2 is 1.78 bits per heavy atom. The lowest BCUT2D eigenvalue weighted by atomic mass is 10.2. The Kier molecular flexibility index (Phi) is 7.35. The predicted octanol–water partition coefficient (Wildman–Crippen LogP) is 2.13. The maximum atomic E-state index is 13.2. The number of fused-ring (bicyclic) bond motifs is 1. The van der Waals surface area contributed by atoms with Crippen molar-refractivity contribution >= 4 is 38.2 Å². The quantitative estimate of drug-likeness (QED) is 0.222. The van der Waals surface area contributed by atoms with Gasteiger partial charge in [0.15, 0.2) is 0 Å². The largest absolute Gasteiger partial charge is 0.457 e. The second-order valence-corrected chi connectivity index (χ2v) is 10.5. The lowest BCUT2D eigenvalue weighted by Crippen LogP contribution is -2.48. The fourth-order valence-corrected chi connectivity index (χ4v) is 5.73. The van der Waals surface area contributed by atoms with E-state index in [2.05, 4.69) is 4.98 Å². The molecule has 3 N–H and O–H groups in total. The van der Waals surface area contributed by atoms with Crippen LogP contribution < -0.4 is 21.5 Å². The van der Waals surface area contributed by atoms with Crippen LogP contribution in [-0.2, 0) is 21.4 Å². The van der Waals surface area contributed by atoms with Crippen LogP contribution >= 0.6 is 11.3 Å². The van der Waals surface area contributed by atoms with Crippen LogP contribution in [0.3, 0.4) is 0 Å². The van der Waals surface area contributed by atoms with Crippen LogP contribution in [0.4, 0.5) is 0 Å². The van der Waals surface area contributed by atoms with Gasteiger partial charge in [0, 0.05) is 24.4 Å². The Labute approximate surface area is 209 Å². The minimum atomic E-state index is -4.20. The zero-order valence-corrected chi connectivity index (χ0v) is 20.6. The number of nitrogens with zero attached hydrogens (tertiary/aromatic N) is 2. The molecule has 0 saturated heterocycles. The average molecular weight is 531 g/mol. The minimum absolute atomic E-state index is 0.115. The van der Waals surface area contributed by atoms with E-state index in [0.29, 0.717) is 22.4 Å². The third kappa shape index (κ3) is 5.09. The third-order valence-electron chi connectivity index (χ3n) is 5.58. The molecule has 2 aromatic heterocycles. The van der Waals surface area contributed by atoms with Crippen molar-refractivity contribution in [2.45, 2.75) is 23.9 Å². The number of hydrogen-bond donors (Lipinski definition) is 3. The molecule has 0 radical (unpaired) electrons. The van der Waals surface area contributed by atoms with Crippen molar-refractivity contribution < 1.29 is 23.2 Å². The number of thiophene rings is 1. The van der Waals surface area contributed by atoms with Gasteiger partial charge in [-0.15, -0.1) is 11.3 Å². The Bertz CT molecular complexity index is 1590. The minimum Gasteiger partial charge on any atom is -0.457 e. The van der Waals surface area contributed by atoms with E-state index in [-0.39, 0.29) is 17.9 Å². The van der Waals surface area contributed by atoms with Crippen LogP contribution in [0.1, 0.15) is 6.42 Å². The Morgan fingerprint density at radius 3 is 2.44 bits per heavy atom. The third-order valence-corrected chi connectivity index (χ3v) is 8.21. The molecular weight excluding hydrogens is 508 g/mol. The molecule has 0 fully saturated rings. The monoisotopic (exact) mass is 530 g/mol. The van der Waals surface area contributed by atoms with Crippen LogP contribution in [0.2, 0.25) is 0 Å². The van der Waals surface area contributed by atoms with Gasteiger partial charge >= 0.3 is 5.69 Å². The van der Waals surface area contributed by atoms with Crippen LogP contribution in [-0.4, -0.2) is 46.5 Å². The summed E-state index contributed by atoms with van der Waals surface area (Å²) >= 11 is 1.25. The van der Waals surface area contributed by atoms with Crippen LogP contribution in [0, 0.1) is 0 Å². The number of hydroxylamine groups is 1. The van der Waals surface area contributed by atoms with Gasteiger partial charge < -0.3 is 9.72 Å². The SMILES string of the molecule is CN(C(CCn1c(=O)[nH]c2cscc2c1=O)C(=O)NO)S(=O)(=O)c1ccc(Oc2ccccc2)cc1. The molecule has 1 amide bonds. The molecule has 0 aliphatic heterocycles. The number of rotatable bonds is 9. The van der Waals surface area contributed by atoms with E-state index in [4.69, 9.17) is 4.74 Å². The molecule has 0 spiro atoms. The summed E-state index contributed by atoms with van der Waals surface area (Å²) in [4.78, 5) is 39.9.